The average Bonchev–Trinajstić information content (AvgIpc) is 2.47. The minimum Gasteiger partial charge on any atom is -0.493 e. The number of hydrogen-bond acceptors (Lipinski definition) is 4. The predicted octanol–water partition coefficient (Wildman–Crippen LogP) is 1.89. The first-order chi connectivity index (χ1) is 9.63. The van der Waals surface area contributed by atoms with E-state index in [1.165, 1.54) is 0 Å². The number of piperidine rings is 1. The van der Waals surface area contributed by atoms with Gasteiger partial charge < -0.3 is 20.1 Å². The van der Waals surface area contributed by atoms with Crippen molar-refractivity contribution in [1.29, 1.82) is 0 Å². The lowest BCUT2D eigenvalue weighted by Gasteiger charge is -2.26. The van der Waals surface area contributed by atoms with E-state index in [2.05, 4.69) is 17.6 Å². The van der Waals surface area contributed by atoms with Crippen LogP contribution in [0.15, 0.2) is 18.2 Å². The van der Waals surface area contributed by atoms with E-state index in [0.717, 1.165) is 25.2 Å². The molecule has 0 aromatic heterocycles. The van der Waals surface area contributed by atoms with E-state index in [1.54, 1.807) is 26.4 Å². The van der Waals surface area contributed by atoms with E-state index in [-0.39, 0.29) is 11.8 Å². The Hall–Kier alpha value is -1.75. The molecule has 1 aromatic carbocycles. The first kappa shape index (κ1) is 14.7. The fourth-order valence-electron chi connectivity index (χ4n) is 2.51. The zero-order valence-electron chi connectivity index (χ0n) is 12.2. The van der Waals surface area contributed by atoms with Gasteiger partial charge in [0, 0.05) is 18.3 Å². The van der Waals surface area contributed by atoms with Crippen molar-refractivity contribution in [1.82, 2.24) is 5.32 Å². The third-order valence-corrected chi connectivity index (χ3v) is 3.59. The van der Waals surface area contributed by atoms with Crippen molar-refractivity contribution in [3.05, 3.63) is 18.2 Å². The zero-order chi connectivity index (χ0) is 14.5. The number of anilines is 1. The van der Waals surface area contributed by atoms with Gasteiger partial charge in [0.15, 0.2) is 11.5 Å². The molecule has 2 N–H and O–H groups in total. The number of methoxy groups -OCH3 is 2. The smallest absolute Gasteiger partial charge is 0.228 e. The largest absolute Gasteiger partial charge is 0.493 e. The van der Waals surface area contributed by atoms with Gasteiger partial charge in [0.25, 0.3) is 0 Å². The molecule has 1 fully saturated rings. The predicted molar refractivity (Wildman–Crippen MR) is 78.3 cm³/mol. The fraction of sp³-hybridized carbons (Fsp3) is 0.533. The van der Waals surface area contributed by atoms with E-state index in [4.69, 9.17) is 9.47 Å². The Morgan fingerprint density at radius 3 is 2.65 bits per heavy atom. The summed E-state index contributed by atoms with van der Waals surface area (Å²) in [4.78, 5) is 12.2. The maximum atomic E-state index is 12.2. The van der Waals surface area contributed by atoms with Crippen LogP contribution >= 0.6 is 0 Å². The highest BCUT2D eigenvalue weighted by Crippen LogP contribution is 2.30. The zero-order valence-corrected chi connectivity index (χ0v) is 12.2. The van der Waals surface area contributed by atoms with Crippen LogP contribution in [0.3, 0.4) is 0 Å². The molecule has 1 saturated heterocycles. The van der Waals surface area contributed by atoms with E-state index < -0.39 is 0 Å². The van der Waals surface area contributed by atoms with Gasteiger partial charge in [-0.3, -0.25) is 4.79 Å². The lowest BCUT2D eigenvalue weighted by molar-refractivity contribution is -0.120. The normalized spacial score (nSPS) is 22.1. The summed E-state index contributed by atoms with van der Waals surface area (Å²) in [5.74, 6) is 1.87. The van der Waals surface area contributed by atoms with Gasteiger partial charge in [0.1, 0.15) is 0 Å². The summed E-state index contributed by atoms with van der Waals surface area (Å²) in [6, 6.07) is 5.38. The molecule has 2 unspecified atom stereocenters. The van der Waals surface area contributed by atoms with Crippen LogP contribution in [0, 0.1) is 11.8 Å². The molecule has 1 amide bonds. The van der Waals surface area contributed by atoms with Crippen LogP contribution in [0.1, 0.15) is 13.3 Å². The standard InChI is InChI=1S/C15H22N2O3/c1-10-6-11(9-16-8-10)15(18)17-12-4-5-13(19-2)14(7-12)20-3/h4-5,7,10-11,16H,6,8-9H2,1-3H3,(H,17,18). The monoisotopic (exact) mass is 278 g/mol. The number of carbonyl (C=O) groups is 1. The molecule has 0 radical (unpaired) electrons. The Kier molecular flexibility index (Phi) is 4.84. The quantitative estimate of drug-likeness (QED) is 0.883. The van der Waals surface area contributed by atoms with Crippen LogP contribution in [-0.2, 0) is 4.79 Å². The summed E-state index contributed by atoms with van der Waals surface area (Å²) < 4.78 is 10.4. The molecule has 2 atom stereocenters. The Morgan fingerprint density at radius 1 is 1.25 bits per heavy atom. The molecule has 110 valence electrons. The number of hydrogen-bond donors (Lipinski definition) is 2. The molecule has 1 heterocycles. The second kappa shape index (κ2) is 6.61. The van der Waals surface area contributed by atoms with E-state index in [0.29, 0.717) is 17.4 Å². The average molecular weight is 278 g/mol. The molecule has 0 saturated carbocycles. The lowest BCUT2D eigenvalue weighted by Crippen LogP contribution is -2.40. The van der Waals surface area contributed by atoms with Crippen LogP contribution in [0.2, 0.25) is 0 Å². The summed E-state index contributed by atoms with van der Waals surface area (Å²) in [5.41, 5.74) is 0.728. The van der Waals surface area contributed by atoms with Crippen LogP contribution in [0.5, 0.6) is 11.5 Å². The van der Waals surface area contributed by atoms with Crippen molar-refractivity contribution >= 4 is 11.6 Å². The third kappa shape index (κ3) is 3.42. The number of benzene rings is 1. The lowest BCUT2D eigenvalue weighted by atomic mass is 9.91. The summed E-state index contributed by atoms with van der Waals surface area (Å²) in [6.45, 7) is 3.88. The Balaban J connectivity index is 2.03. The number of rotatable bonds is 4. The highest BCUT2D eigenvalue weighted by atomic mass is 16.5. The van der Waals surface area contributed by atoms with Gasteiger partial charge in [-0.1, -0.05) is 6.92 Å². The minimum absolute atomic E-state index is 0.0202. The van der Waals surface area contributed by atoms with E-state index in [9.17, 15) is 4.79 Å². The summed E-state index contributed by atoms with van der Waals surface area (Å²) in [5, 5.41) is 6.23. The number of ether oxygens (including phenoxy) is 2. The summed E-state index contributed by atoms with van der Waals surface area (Å²) in [7, 11) is 3.17. The van der Waals surface area contributed by atoms with Gasteiger partial charge in [-0.05, 0) is 31.0 Å². The van der Waals surface area contributed by atoms with Crippen LogP contribution in [-0.4, -0.2) is 33.2 Å². The molecule has 1 aliphatic rings. The Labute approximate surface area is 119 Å². The van der Waals surface area contributed by atoms with Gasteiger partial charge in [-0.2, -0.15) is 0 Å². The molecule has 0 aliphatic carbocycles. The van der Waals surface area contributed by atoms with Crippen molar-refractivity contribution in [2.24, 2.45) is 11.8 Å². The molecule has 0 spiro atoms. The Bertz CT molecular complexity index is 476. The first-order valence-electron chi connectivity index (χ1n) is 6.87. The minimum atomic E-state index is 0.0202. The molecule has 1 aliphatic heterocycles. The van der Waals surface area contributed by atoms with Crippen molar-refractivity contribution in [3.8, 4) is 11.5 Å². The van der Waals surface area contributed by atoms with Gasteiger partial charge in [0.05, 0.1) is 20.1 Å². The molecular weight excluding hydrogens is 256 g/mol. The SMILES string of the molecule is COc1ccc(NC(=O)C2CNCC(C)C2)cc1OC. The van der Waals surface area contributed by atoms with Crippen molar-refractivity contribution < 1.29 is 14.3 Å². The topological polar surface area (TPSA) is 59.6 Å². The molecule has 5 heteroatoms. The van der Waals surface area contributed by atoms with E-state index in [1.807, 2.05) is 6.07 Å². The van der Waals surface area contributed by atoms with Crippen LogP contribution in [0.4, 0.5) is 5.69 Å². The van der Waals surface area contributed by atoms with Gasteiger partial charge in [0.2, 0.25) is 5.91 Å². The van der Waals surface area contributed by atoms with Gasteiger partial charge >= 0.3 is 0 Å². The highest BCUT2D eigenvalue weighted by Gasteiger charge is 2.24. The maximum absolute atomic E-state index is 12.2. The molecule has 2 rings (SSSR count). The fourth-order valence-corrected chi connectivity index (χ4v) is 2.51. The van der Waals surface area contributed by atoms with Crippen LogP contribution in [0.25, 0.3) is 0 Å². The van der Waals surface area contributed by atoms with Crippen molar-refractivity contribution in [2.75, 3.05) is 32.6 Å². The molecular formula is C15H22N2O3. The second-order valence-corrected chi connectivity index (χ2v) is 5.26. The molecule has 5 nitrogen and oxygen atoms in total. The van der Waals surface area contributed by atoms with Crippen LogP contribution < -0.4 is 20.1 Å². The highest BCUT2D eigenvalue weighted by molar-refractivity contribution is 5.93. The molecule has 0 bridgehead atoms. The first-order valence-corrected chi connectivity index (χ1v) is 6.87. The Morgan fingerprint density at radius 2 is 2.00 bits per heavy atom. The summed E-state index contributed by atoms with van der Waals surface area (Å²) >= 11 is 0. The maximum Gasteiger partial charge on any atom is 0.228 e. The molecule has 20 heavy (non-hydrogen) atoms. The number of nitrogens with one attached hydrogen (secondary N) is 2. The number of amides is 1. The summed E-state index contributed by atoms with van der Waals surface area (Å²) in [6.07, 6.45) is 0.923. The van der Waals surface area contributed by atoms with E-state index >= 15 is 0 Å². The third-order valence-electron chi connectivity index (χ3n) is 3.59. The second-order valence-electron chi connectivity index (χ2n) is 5.26. The molecule has 1 aromatic rings. The number of carbonyl (C=O) groups excluding carboxylic acids is 1. The van der Waals surface area contributed by atoms with Gasteiger partial charge in [-0.25, -0.2) is 0 Å². The van der Waals surface area contributed by atoms with Crippen molar-refractivity contribution in [3.63, 3.8) is 0 Å². The van der Waals surface area contributed by atoms with Crippen molar-refractivity contribution in [2.45, 2.75) is 13.3 Å². The van der Waals surface area contributed by atoms with Gasteiger partial charge in [-0.15, -0.1) is 0 Å².